The monoisotopic (exact) mass is 285 g/mol. The summed E-state index contributed by atoms with van der Waals surface area (Å²) >= 11 is 0. The van der Waals surface area contributed by atoms with Gasteiger partial charge in [-0.3, -0.25) is 5.32 Å². The fourth-order valence-corrected chi connectivity index (χ4v) is 1.30. The van der Waals surface area contributed by atoms with Crippen molar-refractivity contribution in [3.8, 4) is 0 Å². The highest BCUT2D eigenvalue weighted by Crippen LogP contribution is 2.16. The van der Waals surface area contributed by atoms with Gasteiger partial charge >= 0.3 is 12.1 Å². The Morgan fingerprint density at radius 1 is 1.35 bits per heavy atom. The maximum atomic E-state index is 13.3. The molecule has 0 saturated carbocycles. The Kier molecular flexibility index (Phi) is 5.19. The molecule has 1 atom stereocenters. The Morgan fingerprint density at radius 2 is 2.00 bits per heavy atom. The minimum Gasteiger partial charge on any atom is -0.466 e. The second kappa shape index (κ2) is 6.65. The first-order chi connectivity index (χ1) is 9.35. The van der Waals surface area contributed by atoms with Gasteiger partial charge in [0.2, 0.25) is 6.10 Å². The van der Waals surface area contributed by atoms with Crippen molar-refractivity contribution in [1.82, 2.24) is 0 Å². The zero-order chi connectivity index (χ0) is 15.3. The van der Waals surface area contributed by atoms with E-state index in [1.807, 2.05) is 5.32 Å². The molecule has 0 aliphatic heterocycles. The molecule has 0 aliphatic carbocycles. The molecule has 0 spiro atoms. The number of methoxy groups -OCH3 is 1. The summed E-state index contributed by atoms with van der Waals surface area (Å²) in [6.45, 7) is 4.93. The van der Waals surface area contributed by atoms with E-state index in [-0.39, 0.29) is 5.57 Å². The van der Waals surface area contributed by atoms with Gasteiger partial charge in [-0.15, -0.1) is 0 Å². The first-order valence-electron chi connectivity index (χ1n) is 5.51. The maximum absolute atomic E-state index is 13.3. The largest absolute Gasteiger partial charge is 0.466 e. The molecule has 108 valence electrons. The molecule has 0 aromatic heterocycles. The lowest BCUT2D eigenvalue weighted by Crippen LogP contribution is -2.31. The van der Waals surface area contributed by atoms with Gasteiger partial charge in [0.05, 0.1) is 12.8 Å². The normalized spacial score (nSPS) is 11.4. The van der Waals surface area contributed by atoms with Crippen molar-refractivity contribution in [1.29, 1.82) is 0 Å². The molecule has 20 heavy (non-hydrogen) atoms. The number of rotatable bonds is 4. The van der Waals surface area contributed by atoms with Crippen LogP contribution in [0.1, 0.15) is 6.92 Å². The zero-order valence-electron chi connectivity index (χ0n) is 10.9. The standard InChI is InChI=1S/C13H13F2NO4/c1-7(2)11(12(17)19-3)20-13(18)16-10-6-8(14)4-5-9(10)15/h4-6,11H,1H2,2-3H3,(H,16,18). The summed E-state index contributed by atoms with van der Waals surface area (Å²) in [6.07, 6.45) is -2.45. The van der Waals surface area contributed by atoms with E-state index in [1.54, 1.807) is 0 Å². The van der Waals surface area contributed by atoms with Crippen LogP contribution in [0.3, 0.4) is 0 Å². The molecule has 0 aliphatic rings. The molecule has 0 saturated heterocycles. The first-order valence-corrected chi connectivity index (χ1v) is 5.51. The Morgan fingerprint density at radius 3 is 2.55 bits per heavy atom. The van der Waals surface area contributed by atoms with Crippen LogP contribution in [0.5, 0.6) is 0 Å². The van der Waals surface area contributed by atoms with Crippen molar-refractivity contribution in [2.45, 2.75) is 13.0 Å². The second-order valence-corrected chi connectivity index (χ2v) is 3.90. The van der Waals surface area contributed by atoms with Crippen LogP contribution < -0.4 is 5.32 Å². The number of esters is 1. The fourth-order valence-electron chi connectivity index (χ4n) is 1.30. The van der Waals surface area contributed by atoms with Crippen molar-refractivity contribution in [3.63, 3.8) is 0 Å². The third kappa shape index (κ3) is 4.04. The van der Waals surface area contributed by atoms with E-state index in [1.165, 1.54) is 6.92 Å². The van der Waals surface area contributed by atoms with E-state index >= 15 is 0 Å². The molecule has 1 aromatic rings. The van der Waals surface area contributed by atoms with Gasteiger partial charge in [0.1, 0.15) is 11.6 Å². The average Bonchev–Trinajstić information content (AvgIpc) is 2.39. The number of nitrogens with one attached hydrogen (secondary N) is 1. The summed E-state index contributed by atoms with van der Waals surface area (Å²) in [6, 6.07) is 2.53. The lowest BCUT2D eigenvalue weighted by atomic mass is 10.2. The summed E-state index contributed by atoms with van der Waals surface area (Å²) in [5.74, 6) is -2.40. The molecule has 5 nitrogen and oxygen atoms in total. The number of anilines is 1. The van der Waals surface area contributed by atoms with E-state index in [2.05, 4.69) is 11.3 Å². The third-order valence-corrected chi connectivity index (χ3v) is 2.25. The number of ether oxygens (including phenoxy) is 2. The summed E-state index contributed by atoms with van der Waals surface area (Å²) in [5.41, 5.74) is -0.174. The molecule has 7 heteroatoms. The molecule has 1 N–H and O–H groups in total. The van der Waals surface area contributed by atoms with Crippen molar-refractivity contribution in [3.05, 3.63) is 42.0 Å². The van der Waals surface area contributed by atoms with E-state index < -0.39 is 35.5 Å². The van der Waals surface area contributed by atoms with Gasteiger partial charge in [-0.25, -0.2) is 18.4 Å². The summed E-state index contributed by atoms with van der Waals surface area (Å²) in [4.78, 5) is 22.9. The Balaban J connectivity index is 2.78. The highest BCUT2D eigenvalue weighted by molar-refractivity contribution is 5.88. The number of hydrogen-bond acceptors (Lipinski definition) is 4. The van der Waals surface area contributed by atoms with Gasteiger partial charge < -0.3 is 9.47 Å². The maximum Gasteiger partial charge on any atom is 0.412 e. The van der Waals surface area contributed by atoms with E-state index in [0.717, 1.165) is 25.3 Å². The van der Waals surface area contributed by atoms with Crippen molar-refractivity contribution >= 4 is 17.7 Å². The number of carbonyl (C=O) groups is 2. The molecule has 0 bridgehead atoms. The quantitative estimate of drug-likeness (QED) is 0.682. The van der Waals surface area contributed by atoms with E-state index in [0.29, 0.717) is 0 Å². The second-order valence-electron chi connectivity index (χ2n) is 3.90. The predicted octanol–water partition coefficient (Wildman–Crippen LogP) is 2.63. The molecule has 0 radical (unpaired) electrons. The van der Waals surface area contributed by atoms with Gasteiger partial charge in [0, 0.05) is 6.07 Å². The number of halogens is 2. The Bertz CT molecular complexity index is 545. The molecular formula is C13H13F2NO4. The van der Waals surface area contributed by atoms with Gasteiger partial charge in [0.25, 0.3) is 0 Å². The zero-order valence-corrected chi connectivity index (χ0v) is 10.9. The fraction of sp³-hybridized carbons (Fsp3) is 0.231. The SMILES string of the molecule is C=C(C)C(OC(=O)Nc1cc(F)ccc1F)C(=O)OC. The third-order valence-electron chi connectivity index (χ3n) is 2.25. The van der Waals surface area contributed by atoms with Crippen LogP contribution in [0.4, 0.5) is 19.3 Å². The predicted molar refractivity (Wildman–Crippen MR) is 67.1 cm³/mol. The van der Waals surface area contributed by atoms with Crippen LogP contribution in [0.15, 0.2) is 30.4 Å². The smallest absolute Gasteiger partial charge is 0.412 e. The van der Waals surface area contributed by atoms with Gasteiger partial charge in [-0.1, -0.05) is 6.58 Å². The summed E-state index contributed by atoms with van der Waals surface area (Å²) < 4.78 is 35.4. The minimum atomic E-state index is -1.32. The van der Waals surface area contributed by atoms with Gasteiger partial charge in [-0.2, -0.15) is 0 Å². The topological polar surface area (TPSA) is 64.6 Å². The lowest BCUT2D eigenvalue weighted by Gasteiger charge is -2.16. The summed E-state index contributed by atoms with van der Waals surface area (Å²) in [7, 11) is 1.12. The highest BCUT2D eigenvalue weighted by Gasteiger charge is 2.25. The minimum absolute atomic E-state index is 0.228. The number of hydrogen-bond donors (Lipinski definition) is 1. The number of benzene rings is 1. The first kappa shape index (κ1) is 15.6. The molecule has 1 aromatic carbocycles. The van der Waals surface area contributed by atoms with Crippen LogP contribution in [-0.2, 0) is 14.3 Å². The van der Waals surface area contributed by atoms with E-state index in [4.69, 9.17) is 4.74 Å². The highest BCUT2D eigenvalue weighted by atomic mass is 19.1. The van der Waals surface area contributed by atoms with Crippen LogP contribution in [0, 0.1) is 11.6 Å². The molecule has 1 amide bonds. The van der Waals surface area contributed by atoms with Crippen LogP contribution in [0.2, 0.25) is 0 Å². The Hall–Kier alpha value is -2.44. The van der Waals surface area contributed by atoms with Crippen molar-refractivity contribution < 1.29 is 27.8 Å². The number of carbonyl (C=O) groups excluding carboxylic acids is 2. The van der Waals surface area contributed by atoms with Crippen LogP contribution in [-0.4, -0.2) is 25.3 Å². The van der Waals surface area contributed by atoms with E-state index in [9.17, 15) is 18.4 Å². The van der Waals surface area contributed by atoms with Gasteiger partial charge in [0.15, 0.2) is 0 Å². The molecular weight excluding hydrogens is 272 g/mol. The summed E-state index contributed by atoms with van der Waals surface area (Å²) in [5, 5.41) is 1.99. The van der Waals surface area contributed by atoms with Crippen molar-refractivity contribution in [2.75, 3.05) is 12.4 Å². The molecule has 0 heterocycles. The van der Waals surface area contributed by atoms with Gasteiger partial charge in [-0.05, 0) is 24.6 Å². The molecule has 1 rings (SSSR count). The number of amides is 1. The van der Waals surface area contributed by atoms with Crippen LogP contribution >= 0.6 is 0 Å². The van der Waals surface area contributed by atoms with Crippen molar-refractivity contribution in [2.24, 2.45) is 0 Å². The molecule has 0 fully saturated rings. The average molecular weight is 285 g/mol. The lowest BCUT2D eigenvalue weighted by molar-refractivity contribution is -0.148. The van der Waals surface area contributed by atoms with Crippen LogP contribution in [0.25, 0.3) is 0 Å². The Labute approximate surface area is 114 Å². The molecule has 1 unspecified atom stereocenters.